The van der Waals surface area contributed by atoms with Gasteiger partial charge in [-0.2, -0.15) is 0 Å². The Morgan fingerprint density at radius 3 is 1.84 bits per heavy atom. The van der Waals surface area contributed by atoms with E-state index in [-0.39, 0.29) is 30.3 Å². The van der Waals surface area contributed by atoms with Crippen LogP contribution in [0, 0.1) is 11.8 Å². The first kappa shape index (κ1) is 27.0. The number of hydrogen-bond acceptors (Lipinski definition) is 5. The number of rotatable bonds is 5. The molecular formula is C17H37FO5S2. The summed E-state index contributed by atoms with van der Waals surface area (Å²) in [7, 11) is -6.37. The molecule has 0 bridgehead atoms. The Labute approximate surface area is 154 Å². The molecule has 0 radical (unpaired) electrons. The van der Waals surface area contributed by atoms with Gasteiger partial charge >= 0.3 is 0 Å². The molecule has 0 N–H and O–H groups in total. The van der Waals surface area contributed by atoms with Crippen molar-refractivity contribution >= 4 is 19.7 Å². The number of halogens is 1. The number of hydrogen-bond donors (Lipinski definition) is 0. The fourth-order valence-electron chi connectivity index (χ4n) is 2.12. The molecule has 1 unspecified atom stereocenters. The van der Waals surface area contributed by atoms with Crippen molar-refractivity contribution in [3.63, 3.8) is 0 Å². The zero-order chi connectivity index (χ0) is 19.6. The molecule has 0 saturated carbocycles. The summed E-state index contributed by atoms with van der Waals surface area (Å²) in [5.74, 6) is 0.252. The fraction of sp³-hybridized carbons (Fsp3) is 1.00. The molecule has 1 rings (SSSR count). The molecule has 1 aliphatic rings. The van der Waals surface area contributed by atoms with Gasteiger partial charge in [0, 0.05) is 0 Å². The highest BCUT2D eigenvalue weighted by Gasteiger charge is 2.49. The van der Waals surface area contributed by atoms with Crippen LogP contribution in [0.1, 0.15) is 62.8 Å². The van der Waals surface area contributed by atoms with Crippen LogP contribution in [0.3, 0.4) is 0 Å². The van der Waals surface area contributed by atoms with E-state index in [1.807, 2.05) is 27.7 Å². The monoisotopic (exact) mass is 404 g/mol. The van der Waals surface area contributed by atoms with Crippen molar-refractivity contribution in [2.24, 2.45) is 11.8 Å². The third-order valence-electron chi connectivity index (χ3n) is 4.14. The van der Waals surface area contributed by atoms with Crippen LogP contribution in [-0.4, -0.2) is 50.8 Å². The number of alkyl halides is 1. The first-order chi connectivity index (χ1) is 10.5. The first-order valence-electron chi connectivity index (χ1n) is 8.17. The normalized spacial score (nSPS) is 22.3. The standard InChI is InChI=1S/C8H17FO2S.C8H16O3S.CH4/c1-7(2)5-12(10,11)8(3,4)6-9;1-6(2)7-5-11-8(3,4)12(7,9)10;/h7H,5-6H2,1-4H3;6-7H,5H2,1-4H3;1H4. The summed E-state index contributed by atoms with van der Waals surface area (Å²) in [6.07, 6.45) is 0. The second-order valence-electron chi connectivity index (χ2n) is 8.11. The lowest BCUT2D eigenvalue weighted by Crippen LogP contribution is -2.37. The molecule has 1 aliphatic heterocycles. The molecule has 0 aliphatic carbocycles. The van der Waals surface area contributed by atoms with Crippen molar-refractivity contribution in [2.75, 3.05) is 19.0 Å². The van der Waals surface area contributed by atoms with Crippen molar-refractivity contribution in [2.45, 2.75) is 77.7 Å². The van der Waals surface area contributed by atoms with E-state index in [1.54, 1.807) is 13.8 Å². The van der Waals surface area contributed by atoms with E-state index >= 15 is 0 Å². The molecule has 0 spiro atoms. The van der Waals surface area contributed by atoms with E-state index in [0.29, 0.717) is 6.61 Å². The van der Waals surface area contributed by atoms with Crippen LogP contribution in [0.5, 0.6) is 0 Å². The minimum absolute atomic E-state index is 0. The molecule has 1 saturated heterocycles. The van der Waals surface area contributed by atoms with Crippen LogP contribution >= 0.6 is 0 Å². The Hall–Kier alpha value is -0.210. The Morgan fingerprint density at radius 2 is 1.64 bits per heavy atom. The molecule has 25 heavy (non-hydrogen) atoms. The van der Waals surface area contributed by atoms with Gasteiger partial charge < -0.3 is 4.74 Å². The summed E-state index contributed by atoms with van der Waals surface area (Å²) in [4.78, 5) is -0.984. The van der Waals surface area contributed by atoms with Gasteiger partial charge in [0.05, 0.1) is 22.4 Å². The summed E-state index contributed by atoms with van der Waals surface area (Å²) in [5, 5.41) is -0.326. The average molecular weight is 405 g/mol. The van der Waals surface area contributed by atoms with Crippen molar-refractivity contribution in [3.05, 3.63) is 0 Å². The summed E-state index contributed by atoms with van der Waals surface area (Å²) in [5.41, 5.74) is 0. The molecule has 0 aromatic rings. The zero-order valence-electron chi connectivity index (χ0n) is 16.1. The van der Waals surface area contributed by atoms with Crippen molar-refractivity contribution in [1.29, 1.82) is 0 Å². The smallest absolute Gasteiger partial charge is 0.184 e. The van der Waals surface area contributed by atoms with Gasteiger partial charge in [-0.25, -0.2) is 21.2 Å². The quantitative estimate of drug-likeness (QED) is 0.699. The molecule has 0 aromatic heterocycles. The van der Waals surface area contributed by atoms with Crippen molar-refractivity contribution in [3.8, 4) is 0 Å². The highest BCUT2D eigenvalue weighted by molar-refractivity contribution is 7.93. The Kier molecular flexibility index (Phi) is 9.86. The summed E-state index contributed by atoms with van der Waals surface area (Å²) in [6.45, 7) is 13.0. The number of sulfone groups is 2. The molecular weight excluding hydrogens is 367 g/mol. The van der Waals surface area contributed by atoms with Gasteiger partial charge in [0.2, 0.25) is 0 Å². The zero-order valence-corrected chi connectivity index (χ0v) is 17.7. The minimum atomic E-state index is -3.28. The van der Waals surface area contributed by atoms with Gasteiger partial charge in [-0.1, -0.05) is 35.1 Å². The highest BCUT2D eigenvalue weighted by atomic mass is 32.2. The summed E-state index contributed by atoms with van der Waals surface area (Å²) < 4.78 is 62.7. The maximum Gasteiger partial charge on any atom is 0.184 e. The Bertz CT molecular complexity index is 603. The number of ether oxygens (including phenoxy) is 1. The van der Waals surface area contributed by atoms with E-state index in [9.17, 15) is 21.2 Å². The van der Waals surface area contributed by atoms with E-state index in [1.165, 1.54) is 13.8 Å². The van der Waals surface area contributed by atoms with E-state index in [0.717, 1.165) is 0 Å². The SMILES string of the molecule is C.CC(C)C1COC(C)(C)S1(=O)=O.CC(C)CS(=O)(=O)C(C)(C)CF. The molecule has 1 fully saturated rings. The van der Waals surface area contributed by atoms with Crippen LogP contribution in [0.4, 0.5) is 4.39 Å². The average Bonchev–Trinajstić information content (AvgIpc) is 2.57. The minimum Gasteiger partial charge on any atom is -0.358 e. The largest absolute Gasteiger partial charge is 0.358 e. The van der Waals surface area contributed by atoms with Gasteiger partial charge in [0.15, 0.2) is 24.6 Å². The van der Waals surface area contributed by atoms with Gasteiger partial charge in [-0.05, 0) is 39.5 Å². The molecule has 0 aromatic carbocycles. The second-order valence-corrected chi connectivity index (χ2v) is 13.5. The molecule has 1 atom stereocenters. The first-order valence-corrected chi connectivity index (χ1v) is 11.4. The van der Waals surface area contributed by atoms with Crippen LogP contribution in [0.15, 0.2) is 0 Å². The Balaban J connectivity index is 0. The third-order valence-corrected chi connectivity index (χ3v) is 10.0. The van der Waals surface area contributed by atoms with Gasteiger partial charge in [-0.3, -0.25) is 0 Å². The topological polar surface area (TPSA) is 77.5 Å². The molecule has 154 valence electrons. The molecule has 8 heteroatoms. The maximum atomic E-state index is 12.3. The summed E-state index contributed by atoms with van der Waals surface area (Å²) in [6, 6.07) is 0. The second kappa shape index (κ2) is 9.13. The molecule has 5 nitrogen and oxygen atoms in total. The maximum absolute atomic E-state index is 12.3. The van der Waals surface area contributed by atoms with Crippen molar-refractivity contribution < 1.29 is 26.0 Å². The van der Waals surface area contributed by atoms with Gasteiger partial charge in [-0.15, -0.1) is 0 Å². The third kappa shape index (κ3) is 6.47. The van der Waals surface area contributed by atoms with Crippen LogP contribution in [0.25, 0.3) is 0 Å². The van der Waals surface area contributed by atoms with Gasteiger partial charge in [0.25, 0.3) is 0 Å². The summed E-state index contributed by atoms with van der Waals surface area (Å²) >= 11 is 0. The predicted molar refractivity (Wildman–Crippen MR) is 103 cm³/mol. The fourth-order valence-corrected chi connectivity index (χ4v) is 5.54. The highest BCUT2D eigenvalue weighted by Crippen LogP contribution is 2.33. The Morgan fingerprint density at radius 1 is 1.20 bits per heavy atom. The van der Waals surface area contributed by atoms with E-state index in [2.05, 4.69) is 0 Å². The lowest BCUT2D eigenvalue weighted by molar-refractivity contribution is 0.0665. The van der Waals surface area contributed by atoms with E-state index in [4.69, 9.17) is 4.74 Å². The predicted octanol–water partition coefficient (Wildman–Crippen LogP) is 3.63. The lowest BCUT2D eigenvalue weighted by atomic mass is 10.1. The van der Waals surface area contributed by atoms with Crippen LogP contribution < -0.4 is 0 Å². The van der Waals surface area contributed by atoms with E-state index < -0.39 is 36.0 Å². The van der Waals surface area contributed by atoms with Crippen LogP contribution in [0.2, 0.25) is 0 Å². The molecule has 0 amide bonds. The lowest BCUT2D eigenvalue weighted by Gasteiger charge is -2.21. The van der Waals surface area contributed by atoms with Gasteiger partial charge in [0.1, 0.15) is 6.67 Å². The van der Waals surface area contributed by atoms with Crippen molar-refractivity contribution in [1.82, 2.24) is 0 Å². The van der Waals surface area contributed by atoms with Crippen LogP contribution in [-0.2, 0) is 24.4 Å². The molecule has 1 heterocycles.